The molecule has 0 radical (unpaired) electrons. The third-order valence-corrected chi connectivity index (χ3v) is 5.82. The van der Waals surface area contributed by atoms with E-state index >= 15 is 0 Å². The average Bonchev–Trinajstić information content (AvgIpc) is 3.38. The van der Waals surface area contributed by atoms with Crippen molar-refractivity contribution in [2.45, 2.75) is 32.2 Å². The Morgan fingerprint density at radius 3 is 2.14 bits per heavy atom. The van der Waals surface area contributed by atoms with E-state index in [4.69, 9.17) is 14.9 Å². The summed E-state index contributed by atoms with van der Waals surface area (Å²) in [6, 6.07) is 22.4. The lowest BCUT2D eigenvalue weighted by molar-refractivity contribution is -0.143. The number of ether oxygens (including phenoxy) is 1. The SMILES string of the molecule is FC(F)(F)Cn1cc(-c2ccncc2)c(-c2ccc(OCc3ccc4ccccc4n3)cc2)n1.O=C(O)CCC(=O)O. The van der Waals surface area contributed by atoms with Gasteiger partial charge in [-0.3, -0.25) is 19.3 Å². The summed E-state index contributed by atoms with van der Waals surface area (Å²) in [7, 11) is 0. The minimum Gasteiger partial charge on any atom is -0.487 e. The lowest BCUT2D eigenvalue weighted by atomic mass is 10.0. The standard InChI is InChI=1S/C26H19F3N4O.C4H6O4/c27-26(28,29)17-33-15-23(18-11-13-30-14-12-18)25(32-33)20-6-9-22(10-7-20)34-16-21-8-5-19-3-1-2-4-24(19)31-21;5-3(6)1-2-4(7)8/h1-15H,16-17H2;1-2H2,(H,5,6)(H,7,8). The van der Waals surface area contributed by atoms with Crippen LogP contribution in [0.25, 0.3) is 33.3 Å². The van der Waals surface area contributed by atoms with Gasteiger partial charge in [0.2, 0.25) is 0 Å². The van der Waals surface area contributed by atoms with E-state index in [1.165, 1.54) is 6.20 Å². The van der Waals surface area contributed by atoms with Crippen LogP contribution >= 0.6 is 0 Å². The quantitative estimate of drug-likeness (QED) is 0.211. The number of aromatic nitrogens is 4. The third-order valence-electron chi connectivity index (χ3n) is 5.82. The summed E-state index contributed by atoms with van der Waals surface area (Å²) in [5.41, 5.74) is 4.18. The highest BCUT2D eigenvalue weighted by atomic mass is 19.4. The molecule has 0 bridgehead atoms. The van der Waals surface area contributed by atoms with Gasteiger partial charge >= 0.3 is 18.1 Å². The summed E-state index contributed by atoms with van der Waals surface area (Å²) in [5, 5.41) is 21.1. The highest BCUT2D eigenvalue weighted by Gasteiger charge is 2.29. The number of halogens is 3. The first-order valence-corrected chi connectivity index (χ1v) is 12.6. The van der Waals surface area contributed by atoms with Gasteiger partial charge in [0.05, 0.1) is 24.1 Å². The number of rotatable bonds is 9. The van der Waals surface area contributed by atoms with Crippen LogP contribution in [0, 0.1) is 0 Å². The molecule has 0 saturated carbocycles. The van der Waals surface area contributed by atoms with Gasteiger partial charge in [-0.25, -0.2) is 4.98 Å². The van der Waals surface area contributed by atoms with Crippen molar-refractivity contribution < 1.29 is 37.7 Å². The molecule has 0 atom stereocenters. The molecule has 3 heterocycles. The molecule has 2 aromatic carbocycles. The molecule has 0 aliphatic carbocycles. The van der Waals surface area contributed by atoms with Crippen LogP contribution in [0.4, 0.5) is 13.2 Å². The van der Waals surface area contributed by atoms with Gasteiger partial charge in [-0.05, 0) is 54.1 Å². The summed E-state index contributed by atoms with van der Waals surface area (Å²) in [6.07, 6.45) is -0.359. The van der Waals surface area contributed by atoms with Crippen molar-refractivity contribution >= 4 is 22.8 Å². The number of benzene rings is 2. The zero-order valence-electron chi connectivity index (χ0n) is 22.0. The van der Waals surface area contributed by atoms with E-state index in [2.05, 4.69) is 15.1 Å². The van der Waals surface area contributed by atoms with E-state index in [1.54, 1.807) is 48.8 Å². The lowest BCUT2D eigenvalue weighted by Gasteiger charge is -2.08. The summed E-state index contributed by atoms with van der Waals surface area (Å²) >= 11 is 0. The van der Waals surface area contributed by atoms with Gasteiger partial charge in [-0.15, -0.1) is 0 Å². The number of hydrogen-bond acceptors (Lipinski definition) is 6. The maximum absolute atomic E-state index is 13.0. The number of aliphatic carboxylic acids is 2. The molecular weight excluding hydrogens is 553 g/mol. The number of nitrogens with zero attached hydrogens (tertiary/aromatic N) is 4. The van der Waals surface area contributed by atoms with Crippen LogP contribution < -0.4 is 4.74 Å². The van der Waals surface area contributed by atoms with E-state index in [-0.39, 0.29) is 12.8 Å². The van der Waals surface area contributed by atoms with Crippen molar-refractivity contribution in [2.75, 3.05) is 0 Å². The Labute approximate surface area is 237 Å². The van der Waals surface area contributed by atoms with Gasteiger partial charge in [0.25, 0.3) is 0 Å². The van der Waals surface area contributed by atoms with Crippen LogP contribution in [0.1, 0.15) is 18.5 Å². The minimum absolute atomic E-state index is 0.296. The van der Waals surface area contributed by atoms with E-state index < -0.39 is 24.7 Å². The van der Waals surface area contributed by atoms with Crippen LogP contribution in [0.15, 0.2) is 91.4 Å². The number of carboxylic acid groups (broad SMARTS) is 2. The fourth-order valence-corrected chi connectivity index (χ4v) is 3.91. The number of carbonyl (C=O) groups is 2. The van der Waals surface area contributed by atoms with Crippen molar-refractivity contribution in [3.05, 3.63) is 97.1 Å². The highest BCUT2D eigenvalue weighted by Crippen LogP contribution is 2.33. The van der Waals surface area contributed by atoms with Crippen LogP contribution in [0.3, 0.4) is 0 Å². The second-order valence-electron chi connectivity index (χ2n) is 9.04. The zero-order chi connectivity index (χ0) is 30.1. The fraction of sp³-hybridized carbons (Fsp3) is 0.167. The molecule has 0 aliphatic heterocycles. The molecule has 0 spiro atoms. The first-order chi connectivity index (χ1) is 20.1. The van der Waals surface area contributed by atoms with E-state index in [0.29, 0.717) is 29.2 Å². The molecule has 2 N–H and O–H groups in total. The highest BCUT2D eigenvalue weighted by molar-refractivity contribution is 5.80. The number of alkyl halides is 3. The summed E-state index contributed by atoms with van der Waals surface area (Å²) in [5.74, 6) is -1.53. The lowest BCUT2D eigenvalue weighted by Crippen LogP contribution is -2.17. The van der Waals surface area contributed by atoms with Crippen molar-refractivity contribution in [1.82, 2.24) is 19.7 Å². The van der Waals surface area contributed by atoms with Crippen molar-refractivity contribution in [3.63, 3.8) is 0 Å². The zero-order valence-corrected chi connectivity index (χ0v) is 22.0. The van der Waals surface area contributed by atoms with Gasteiger partial charge in [0.15, 0.2) is 0 Å². The van der Waals surface area contributed by atoms with Gasteiger partial charge in [-0.1, -0.05) is 24.3 Å². The Kier molecular flexibility index (Phi) is 9.48. The Bertz CT molecular complexity index is 1640. The van der Waals surface area contributed by atoms with E-state index in [1.807, 2.05) is 36.4 Å². The summed E-state index contributed by atoms with van der Waals surface area (Å²) in [6.45, 7) is -0.863. The Morgan fingerprint density at radius 1 is 0.833 bits per heavy atom. The molecule has 12 heteroatoms. The molecule has 0 fully saturated rings. The maximum atomic E-state index is 13.0. The van der Waals surface area contributed by atoms with Crippen LogP contribution in [-0.4, -0.2) is 48.1 Å². The molecule has 0 saturated heterocycles. The number of hydrogen-bond donors (Lipinski definition) is 2. The maximum Gasteiger partial charge on any atom is 0.408 e. The second-order valence-corrected chi connectivity index (χ2v) is 9.04. The molecule has 5 rings (SSSR count). The molecule has 42 heavy (non-hydrogen) atoms. The normalized spacial score (nSPS) is 11.0. The fourth-order valence-electron chi connectivity index (χ4n) is 3.91. The topological polar surface area (TPSA) is 127 Å². The molecular formula is C30H25F3N4O5. The predicted octanol–water partition coefficient (Wildman–Crippen LogP) is 6.24. The molecule has 0 unspecified atom stereocenters. The molecule has 0 aliphatic rings. The third kappa shape index (κ3) is 8.62. The van der Waals surface area contributed by atoms with E-state index in [9.17, 15) is 22.8 Å². The van der Waals surface area contributed by atoms with Gasteiger partial charge in [0.1, 0.15) is 24.6 Å². The monoisotopic (exact) mass is 578 g/mol. The van der Waals surface area contributed by atoms with Gasteiger partial charge in [-0.2, -0.15) is 18.3 Å². The Morgan fingerprint density at radius 2 is 1.50 bits per heavy atom. The number of carboxylic acids is 2. The molecule has 216 valence electrons. The molecule has 0 amide bonds. The smallest absolute Gasteiger partial charge is 0.408 e. The van der Waals surface area contributed by atoms with Crippen LogP contribution in [0.5, 0.6) is 5.75 Å². The Balaban J connectivity index is 0.000000446. The minimum atomic E-state index is -4.37. The van der Waals surface area contributed by atoms with E-state index in [0.717, 1.165) is 26.8 Å². The molecule has 9 nitrogen and oxygen atoms in total. The summed E-state index contributed by atoms with van der Waals surface area (Å²) < 4.78 is 45.7. The Hall–Kier alpha value is -5.26. The molecule has 5 aromatic rings. The second kappa shape index (κ2) is 13.4. The van der Waals surface area contributed by atoms with Crippen molar-refractivity contribution in [2.24, 2.45) is 0 Å². The van der Waals surface area contributed by atoms with Crippen molar-refractivity contribution in [1.29, 1.82) is 0 Å². The first kappa shape index (κ1) is 29.7. The van der Waals surface area contributed by atoms with Gasteiger partial charge < -0.3 is 14.9 Å². The van der Waals surface area contributed by atoms with Gasteiger partial charge in [0, 0.05) is 35.1 Å². The number of para-hydroxylation sites is 1. The predicted molar refractivity (Wildman–Crippen MR) is 148 cm³/mol. The van der Waals surface area contributed by atoms with Crippen LogP contribution in [0.2, 0.25) is 0 Å². The first-order valence-electron chi connectivity index (χ1n) is 12.6. The molecule has 3 aromatic heterocycles. The van der Waals surface area contributed by atoms with Crippen molar-refractivity contribution in [3.8, 4) is 28.1 Å². The number of fused-ring (bicyclic) bond motifs is 1. The summed E-state index contributed by atoms with van der Waals surface area (Å²) in [4.78, 5) is 27.9. The average molecular weight is 579 g/mol. The van der Waals surface area contributed by atoms with Crippen LogP contribution in [-0.2, 0) is 22.7 Å². The number of pyridine rings is 2. The largest absolute Gasteiger partial charge is 0.487 e.